The molecule has 102 valence electrons. The Kier molecular flexibility index (Phi) is 3.76. The molecule has 2 aromatic rings. The first-order chi connectivity index (χ1) is 9.29. The van der Waals surface area contributed by atoms with Gasteiger partial charge in [-0.25, -0.2) is 0 Å². The minimum atomic E-state index is 0.510. The lowest BCUT2D eigenvalue weighted by atomic mass is 10.0. The lowest BCUT2D eigenvalue weighted by Gasteiger charge is -2.34. The van der Waals surface area contributed by atoms with E-state index in [2.05, 4.69) is 34.3 Å². The van der Waals surface area contributed by atoms with Crippen LogP contribution < -0.4 is 0 Å². The smallest absolute Gasteiger partial charge is 0.0843 e. The van der Waals surface area contributed by atoms with Gasteiger partial charge >= 0.3 is 0 Å². The first-order valence-corrected chi connectivity index (χ1v) is 7.53. The van der Waals surface area contributed by atoms with E-state index in [1.165, 1.54) is 35.9 Å². The highest BCUT2D eigenvalue weighted by Crippen LogP contribution is 2.24. The van der Waals surface area contributed by atoms with Crippen molar-refractivity contribution in [2.45, 2.75) is 31.8 Å². The highest BCUT2D eigenvalue weighted by atomic mass is 35.5. The van der Waals surface area contributed by atoms with Gasteiger partial charge in [0, 0.05) is 30.9 Å². The Balaban J connectivity index is 1.88. The molecule has 3 rings (SSSR count). The standard InChI is InChI=1S/C15H20ClN3/c1-18-15-8-3-2-7-13(15)14(17-18)11-19-9-5-4-6-12(19)10-16/h2-3,7-8,12H,4-6,9-11H2,1H3. The molecule has 19 heavy (non-hydrogen) atoms. The van der Waals surface area contributed by atoms with Gasteiger partial charge in [0.15, 0.2) is 0 Å². The second-order valence-electron chi connectivity index (χ2n) is 5.36. The van der Waals surface area contributed by atoms with Crippen LogP contribution in [-0.2, 0) is 13.6 Å². The van der Waals surface area contributed by atoms with E-state index in [4.69, 9.17) is 11.6 Å². The number of hydrogen-bond donors (Lipinski definition) is 0. The third-order valence-electron chi connectivity index (χ3n) is 4.11. The summed E-state index contributed by atoms with van der Waals surface area (Å²) >= 11 is 6.10. The number of piperidine rings is 1. The molecule has 0 spiro atoms. The SMILES string of the molecule is Cn1nc(CN2CCCCC2CCl)c2ccccc21. The van der Waals surface area contributed by atoms with Gasteiger partial charge in [0.25, 0.3) is 0 Å². The molecule has 1 aliphatic heterocycles. The second-order valence-corrected chi connectivity index (χ2v) is 5.67. The van der Waals surface area contributed by atoms with Crippen LogP contribution in [0.15, 0.2) is 24.3 Å². The lowest BCUT2D eigenvalue weighted by Crippen LogP contribution is -2.40. The number of rotatable bonds is 3. The van der Waals surface area contributed by atoms with Gasteiger partial charge in [-0.15, -0.1) is 11.6 Å². The van der Waals surface area contributed by atoms with E-state index >= 15 is 0 Å². The molecule has 0 N–H and O–H groups in total. The van der Waals surface area contributed by atoms with Crippen LogP contribution in [0.2, 0.25) is 0 Å². The quantitative estimate of drug-likeness (QED) is 0.804. The molecule has 1 unspecified atom stereocenters. The summed E-state index contributed by atoms with van der Waals surface area (Å²) in [7, 11) is 2.01. The number of aryl methyl sites for hydroxylation is 1. The first-order valence-electron chi connectivity index (χ1n) is 7.00. The van der Waals surface area contributed by atoms with Crippen molar-refractivity contribution in [1.29, 1.82) is 0 Å². The number of nitrogens with zero attached hydrogens (tertiary/aromatic N) is 3. The van der Waals surface area contributed by atoms with Crippen LogP contribution in [0.3, 0.4) is 0 Å². The second kappa shape index (κ2) is 5.51. The van der Waals surface area contributed by atoms with Crippen LogP contribution >= 0.6 is 11.6 Å². The molecule has 1 fully saturated rings. The van der Waals surface area contributed by atoms with E-state index < -0.39 is 0 Å². The highest BCUT2D eigenvalue weighted by molar-refractivity contribution is 6.18. The summed E-state index contributed by atoms with van der Waals surface area (Å²) in [6.07, 6.45) is 3.79. The third kappa shape index (κ3) is 2.49. The number of likely N-dealkylation sites (tertiary alicyclic amines) is 1. The summed E-state index contributed by atoms with van der Waals surface area (Å²) in [5.74, 6) is 0.727. The maximum absolute atomic E-state index is 6.10. The van der Waals surface area contributed by atoms with E-state index in [-0.39, 0.29) is 0 Å². The minimum Gasteiger partial charge on any atom is -0.293 e. The van der Waals surface area contributed by atoms with Gasteiger partial charge in [0.1, 0.15) is 0 Å². The summed E-state index contributed by atoms with van der Waals surface area (Å²) in [5.41, 5.74) is 2.38. The fourth-order valence-electron chi connectivity index (χ4n) is 3.04. The van der Waals surface area contributed by atoms with Crippen LogP contribution in [-0.4, -0.2) is 33.1 Å². The van der Waals surface area contributed by atoms with Gasteiger partial charge in [-0.2, -0.15) is 5.10 Å². The van der Waals surface area contributed by atoms with Crippen molar-refractivity contribution < 1.29 is 0 Å². The molecule has 1 saturated heterocycles. The molecule has 0 bridgehead atoms. The Morgan fingerprint density at radius 2 is 2.16 bits per heavy atom. The summed E-state index contributed by atoms with van der Waals surface area (Å²) in [6.45, 7) is 2.06. The van der Waals surface area contributed by atoms with Crippen molar-refractivity contribution in [3.63, 3.8) is 0 Å². The average Bonchev–Trinajstić information content (AvgIpc) is 2.77. The topological polar surface area (TPSA) is 21.1 Å². The Labute approximate surface area is 119 Å². The van der Waals surface area contributed by atoms with Gasteiger partial charge in [-0.3, -0.25) is 9.58 Å². The zero-order valence-electron chi connectivity index (χ0n) is 11.3. The number of aromatic nitrogens is 2. The molecule has 4 heteroatoms. The van der Waals surface area contributed by atoms with Crippen LogP contribution in [0.5, 0.6) is 0 Å². The van der Waals surface area contributed by atoms with Gasteiger partial charge in [0.2, 0.25) is 0 Å². The van der Waals surface area contributed by atoms with E-state index in [0.29, 0.717) is 6.04 Å². The Hall–Kier alpha value is -1.06. The first kappa shape index (κ1) is 12.9. The molecule has 1 aromatic carbocycles. The minimum absolute atomic E-state index is 0.510. The van der Waals surface area contributed by atoms with Crippen LogP contribution in [0, 0.1) is 0 Å². The zero-order valence-corrected chi connectivity index (χ0v) is 12.1. The van der Waals surface area contributed by atoms with E-state index in [0.717, 1.165) is 19.0 Å². The maximum atomic E-state index is 6.10. The molecule has 0 aliphatic carbocycles. The monoisotopic (exact) mass is 277 g/mol. The maximum Gasteiger partial charge on any atom is 0.0843 e. The number of hydrogen-bond acceptors (Lipinski definition) is 2. The van der Waals surface area contributed by atoms with Crippen molar-refractivity contribution in [3.8, 4) is 0 Å². The van der Waals surface area contributed by atoms with Gasteiger partial charge in [0.05, 0.1) is 11.2 Å². The fraction of sp³-hybridized carbons (Fsp3) is 0.533. The number of para-hydroxylation sites is 1. The molecule has 0 saturated carbocycles. The van der Waals surface area contributed by atoms with Gasteiger partial charge in [-0.1, -0.05) is 24.6 Å². The van der Waals surface area contributed by atoms with Gasteiger partial charge in [-0.05, 0) is 25.5 Å². The number of halogens is 1. The van der Waals surface area contributed by atoms with Crippen molar-refractivity contribution >= 4 is 22.5 Å². The highest BCUT2D eigenvalue weighted by Gasteiger charge is 2.23. The predicted molar refractivity (Wildman–Crippen MR) is 79.5 cm³/mol. The largest absolute Gasteiger partial charge is 0.293 e. The van der Waals surface area contributed by atoms with E-state index in [1.54, 1.807) is 0 Å². The van der Waals surface area contributed by atoms with Crippen LogP contribution in [0.4, 0.5) is 0 Å². The summed E-state index contributed by atoms with van der Waals surface area (Å²) in [4.78, 5) is 2.49. The number of benzene rings is 1. The van der Waals surface area contributed by atoms with Crippen LogP contribution in [0.25, 0.3) is 10.9 Å². The van der Waals surface area contributed by atoms with E-state index in [1.807, 2.05) is 11.7 Å². The third-order valence-corrected chi connectivity index (χ3v) is 4.47. The molecular weight excluding hydrogens is 258 g/mol. The lowest BCUT2D eigenvalue weighted by molar-refractivity contribution is 0.153. The summed E-state index contributed by atoms with van der Waals surface area (Å²) in [6, 6.07) is 8.95. The molecule has 1 aromatic heterocycles. The van der Waals surface area contributed by atoms with Crippen molar-refractivity contribution in [2.24, 2.45) is 7.05 Å². The molecule has 2 heterocycles. The number of alkyl halides is 1. The van der Waals surface area contributed by atoms with Gasteiger partial charge < -0.3 is 0 Å². The Morgan fingerprint density at radius 3 is 3.00 bits per heavy atom. The zero-order chi connectivity index (χ0) is 13.2. The fourth-order valence-corrected chi connectivity index (χ4v) is 3.39. The molecule has 0 radical (unpaired) electrons. The van der Waals surface area contributed by atoms with Crippen molar-refractivity contribution in [1.82, 2.24) is 14.7 Å². The van der Waals surface area contributed by atoms with E-state index in [9.17, 15) is 0 Å². The molecule has 3 nitrogen and oxygen atoms in total. The Bertz CT molecular complexity index is 564. The normalized spacial score (nSPS) is 21.1. The molecule has 1 atom stereocenters. The summed E-state index contributed by atoms with van der Waals surface area (Å²) in [5, 5.41) is 5.95. The van der Waals surface area contributed by atoms with Crippen LogP contribution in [0.1, 0.15) is 25.0 Å². The average molecular weight is 278 g/mol. The Morgan fingerprint density at radius 1 is 1.32 bits per heavy atom. The summed E-state index contributed by atoms with van der Waals surface area (Å²) < 4.78 is 1.98. The molecule has 1 aliphatic rings. The van der Waals surface area contributed by atoms with Crippen molar-refractivity contribution in [3.05, 3.63) is 30.0 Å². The molecular formula is C15H20ClN3. The number of fused-ring (bicyclic) bond motifs is 1. The molecule has 0 amide bonds. The predicted octanol–water partition coefficient (Wildman–Crippen LogP) is 3.17. The van der Waals surface area contributed by atoms with Crippen molar-refractivity contribution in [2.75, 3.05) is 12.4 Å².